The van der Waals surface area contributed by atoms with Crippen LogP contribution in [0, 0.1) is 0 Å². The Morgan fingerprint density at radius 1 is 1.39 bits per heavy atom. The smallest absolute Gasteiger partial charge is 0.138 e. The number of nitrogens with zero attached hydrogens (tertiary/aromatic N) is 4. The van der Waals surface area contributed by atoms with Crippen LogP contribution in [0.4, 0.5) is 0 Å². The van der Waals surface area contributed by atoms with E-state index in [9.17, 15) is 0 Å². The number of nitrogens with one attached hydrogen (secondary N) is 1. The third-order valence-corrected chi connectivity index (χ3v) is 3.03. The molecule has 0 saturated carbocycles. The highest BCUT2D eigenvalue weighted by Crippen LogP contribution is 2.04. The molecule has 0 amide bonds. The number of hydrogen-bond acceptors (Lipinski definition) is 4. The predicted molar refractivity (Wildman–Crippen MR) is 74.7 cm³/mol. The topological polar surface area (TPSA) is 46.0 Å². The first kappa shape index (κ1) is 15.1. The van der Waals surface area contributed by atoms with E-state index in [0.29, 0.717) is 6.04 Å². The first-order chi connectivity index (χ1) is 8.67. The standard InChI is InChI=1S/C13H27N5/c1-5-8-14-12(7-9-17(3)4)10-13-15-11-16-18(13)6-2/h11-12,14H,5-10H2,1-4H3. The van der Waals surface area contributed by atoms with Crippen LogP contribution in [0.2, 0.25) is 0 Å². The third kappa shape index (κ3) is 5.14. The number of rotatable bonds is 9. The van der Waals surface area contributed by atoms with E-state index in [1.807, 2.05) is 4.68 Å². The molecule has 1 rings (SSSR count). The van der Waals surface area contributed by atoms with Gasteiger partial charge in [-0.25, -0.2) is 4.98 Å². The van der Waals surface area contributed by atoms with E-state index in [2.05, 4.69) is 48.2 Å². The van der Waals surface area contributed by atoms with Crippen molar-refractivity contribution in [3.8, 4) is 0 Å². The molecule has 1 atom stereocenters. The average molecular weight is 253 g/mol. The highest BCUT2D eigenvalue weighted by molar-refractivity contribution is 4.90. The molecule has 0 fully saturated rings. The summed E-state index contributed by atoms with van der Waals surface area (Å²) in [5.74, 6) is 1.09. The molecule has 1 N–H and O–H groups in total. The van der Waals surface area contributed by atoms with Crippen LogP contribution >= 0.6 is 0 Å². The molecular formula is C13H27N5. The van der Waals surface area contributed by atoms with Gasteiger partial charge in [-0.05, 0) is 47.0 Å². The summed E-state index contributed by atoms with van der Waals surface area (Å²) >= 11 is 0. The highest BCUT2D eigenvalue weighted by Gasteiger charge is 2.13. The van der Waals surface area contributed by atoms with Gasteiger partial charge in [0.15, 0.2) is 0 Å². The highest BCUT2D eigenvalue weighted by atomic mass is 15.3. The van der Waals surface area contributed by atoms with Gasteiger partial charge in [0.2, 0.25) is 0 Å². The summed E-state index contributed by atoms with van der Waals surface area (Å²) in [6, 6.07) is 0.488. The Balaban J connectivity index is 2.53. The van der Waals surface area contributed by atoms with Crippen LogP contribution < -0.4 is 5.32 Å². The van der Waals surface area contributed by atoms with Crippen LogP contribution in [0.3, 0.4) is 0 Å². The Labute approximate surface area is 111 Å². The molecule has 1 aromatic heterocycles. The van der Waals surface area contributed by atoms with Crippen molar-refractivity contribution in [1.82, 2.24) is 25.0 Å². The first-order valence-electron chi connectivity index (χ1n) is 6.92. The van der Waals surface area contributed by atoms with Gasteiger partial charge in [-0.3, -0.25) is 4.68 Å². The van der Waals surface area contributed by atoms with Crippen LogP contribution in [0.5, 0.6) is 0 Å². The molecule has 0 aliphatic carbocycles. The Hall–Kier alpha value is -0.940. The Morgan fingerprint density at radius 3 is 2.78 bits per heavy atom. The molecule has 5 heteroatoms. The summed E-state index contributed by atoms with van der Waals surface area (Å²) in [7, 11) is 4.23. The molecule has 0 aromatic carbocycles. The van der Waals surface area contributed by atoms with E-state index in [-0.39, 0.29) is 0 Å². The maximum Gasteiger partial charge on any atom is 0.138 e. The molecule has 18 heavy (non-hydrogen) atoms. The molecule has 0 bridgehead atoms. The lowest BCUT2D eigenvalue weighted by Gasteiger charge is -2.20. The van der Waals surface area contributed by atoms with Gasteiger partial charge in [0, 0.05) is 19.0 Å². The minimum Gasteiger partial charge on any atom is -0.313 e. The van der Waals surface area contributed by atoms with Crippen molar-refractivity contribution in [3.05, 3.63) is 12.2 Å². The summed E-state index contributed by atoms with van der Waals surface area (Å²) in [5.41, 5.74) is 0. The van der Waals surface area contributed by atoms with E-state index in [0.717, 1.165) is 38.3 Å². The number of aryl methyl sites for hydroxylation is 1. The van der Waals surface area contributed by atoms with Crippen molar-refractivity contribution in [3.63, 3.8) is 0 Å². The second-order valence-corrected chi connectivity index (χ2v) is 4.94. The van der Waals surface area contributed by atoms with Crippen LogP contribution in [0.15, 0.2) is 6.33 Å². The first-order valence-corrected chi connectivity index (χ1v) is 6.92. The fourth-order valence-electron chi connectivity index (χ4n) is 1.97. The normalized spacial score (nSPS) is 13.2. The van der Waals surface area contributed by atoms with Crippen molar-refractivity contribution in [2.75, 3.05) is 27.2 Å². The zero-order valence-electron chi connectivity index (χ0n) is 12.2. The molecule has 0 aliphatic rings. The van der Waals surface area contributed by atoms with E-state index in [1.165, 1.54) is 6.42 Å². The molecule has 0 saturated heterocycles. The maximum atomic E-state index is 4.36. The van der Waals surface area contributed by atoms with E-state index < -0.39 is 0 Å². The fraction of sp³-hybridized carbons (Fsp3) is 0.846. The van der Waals surface area contributed by atoms with Gasteiger partial charge in [-0.2, -0.15) is 5.10 Å². The van der Waals surface area contributed by atoms with Crippen LogP contribution in [-0.4, -0.2) is 52.9 Å². The summed E-state index contributed by atoms with van der Waals surface area (Å²) in [4.78, 5) is 6.59. The number of hydrogen-bond donors (Lipinski definition) is 1. The van der Waals surface area contributed by atoms with Gasteiger partial charge in [0.1, 0.15) is 12.2 Å². The van der Waals surface area contributed by atoms with E-state index in [4.69, 9.17) is 0 Å². The molecule has 0 radical (unpaired) electrons. The van der Waals surface area contributed by atoms with Gasteiger partial charge in [-0.15, -0.1) is 0 Å². The van der Waals surface area contributed by atoms with Crippen molar-refractivity contribution >= 4 is 0 Å². The lowest BCUT2D eigenvalue weighted by atomic mass is 10.1. The molecular weight excluding hydrogens is 226 g/mol. The molecule has 1 aromatic rings. The van der Waals surface area contributed by atoms with Gasteiger partial charge >= 0.3 is 0 Å². The minimum atomic E-state index is 0.488. The lowest BCUT2D eigenvalue weighted by Crippen LogP contribution is -2.35. The Bertz CT molecular complexity index is 321. The largest absolute Gasteiger partial charge is 0.313 e. The van der Waals surface area contributed by atoms with Gasteiger partial charge in [-0.1, -0.05) is 6.92 Å². The van der Waals surface area contributed by atoms with Gasteiger partial charge < -0.3 is 10.2 Å². The van der Waals surface area contributed by atoms with Gasteiger partial charge in [0.05, 0.1) is 0 Å². The summed E-state index contributed by atoms with van der Waals surface area (Å²) in [6.07, 6.45) is 4.92. The molecule has 0 spiro atoms. The second kappa shape index (κ2) is 8.21. The molecule has 1 unspecified atom stereocenters. The summed E-state index contributed by atoms with van der Waals surface area (Å²) in [5, 5.41) is 7.84. The molecule has 0 aliphatic heterocycles. The van der Waals surface area contributed by atoms with Crippen LogP contribution in [-0.2, 0) is 13.0 Å². The second-order valence-electron chi connectivity index (χ2n) is 4.94. The Kier molecular flexibility index (Phi) is 6.90. The fourth-order valence-corrected chi connectivity index (χ4v) is 1.97. The van der Waals surface area contributed by atoms with Gasteiger partial charge in [0.25, 0.3) is 0 Å². The Morgan fingerprint density at radius 2 is 2.17 bits per heavy atom. The molecule has 5 nitrogen and oxygen atoms in total. The predicted octanol–water partition coefficient (Wildman–Crippen LogP) is 1.16. The zero-order valence-corrected chi connectivity index (χ0v) is 12.2. The lowest BCUT2D eigenvalue weighted by molar-refractivity contribution is 0.352. The molecule has 104 valence electrons. The summed E-state index contributed by atoms with van der Waals surface area (Å²) in [6.45, 7) is 7.36. The number of aromatic nitrogens is 3. The summed E-state index contributed by atoms with van der Waals surface area (Å²) < 4.78 is 1.98. The zero-order chi connectivity index (χ0) is 13.4. The van der Waals surface area contributed by atoms with Crippen LogP contribution in [0.1, 0.15) is 32.5 Å². The van der Waals surface area contributed by atoms with Crippen molar-refractivity contribution in [2.45, 2.75) is 45.7 Å². The van der Waals surface area contributed by atoms with Crippen molar-refractivity contribution in [2.24, 2.45) is 0 Å². The SMILES string of the molecule is CCCNC(CCN(C)C)Cc1ncnn1CC. The average Bonchev–Trinajstić information content (AvgIpc) is 2.79. The maximum absolute atomic E-state index is 4.36. The van der Waals surface area contributed by atoms with Crippen molar-refractivity contribution < 1.29 is 0 Å². The van der Waals surface area contributed by atoms with Crippen molar-refractivity contribution in [1.29, 1.82) is 0 Å². The molecule has 1 heterocycles. The minimum absolute atomic E-state index is 0.488. The van der Waals surface area contributed by atoms with Crippen LogP contribution in [0.25, 0.3) is 0 Å². The van der Waals surface area contributed by atoms with E-state index in [1.54, 1.807) is 6.33 Å². The third-order valence-electron chi connectivity index (χ3n) is 3.03. The quantitative estimate of drug-likeness (QED) is 0.717. The van der Waals surface area contributed by atoms with E-state index >= 15 is 0 Å². The monoisotopic (exact) mass is 253 g/mol.